The number of fused-ring (bicyclic) bond motifs is 5. The lowest BCUT2D eigenvalue weighted by atomic mass is 9.45. The molecule has 0 aliphatic heterocycles. The lowest BCUT2D eigenvalue weighted by Gasteiger charge is -2.60. The first kappa shape index (κ1) is 12.7. The van der Waals surface area contributed by atoms with Crippen LogP contribution in [0.3, 0.4) is 0 Å². The van der Waals surface area contributed by atoms with Gasteiger partial charge < -0.3 is 0 Å². The Kier molecular flexibility index (Phi) is 2.84. The molecule has 0 saturated heterocycles. The first-order valence-corrected chi connectivity index (χ1v) is 9.13. The summed E-state index contributed by atoms with van der Waals surface area (Å²) >= 11 is 0. The van der Waals surface area contributed by atoms with E-state index in [0.717, 1.165) is 34.5 Å². The molecule has 0 unspecified atom stereocenters. The molecule has 0 aromatic heterocycles. The molecule has 0 amide bonds. The van der Waals surface area contributed by atoms with E-state index in [1.54, 1.807) is 51.4 Å². The molecule has 0 N–H and O–H groups in total. The molecule has 4 aliphatic carbocycles. The molecule has 0 heteroatoms. The first-order chi connectivity index (χ1) is 9.13. The monoisotopic (exact) mass is 260 g/mol. The maximum absolute atomic E-state index is 2.70. The average molecular weight is 260 g/mol. The normalized spacial score (nSPS) is 57.2. The van der Waals surface area contributed by atoms with Gasteiger partial charge in [-0.05, 0) is 85.9 Å². The standard InChI is InChI=1S/C19H32/c1-18-11-5-7-16(18)15-9-8-14-6-3-4-12-19(14,2)17(15)10-13-18/h14-17H,3-13H2,1-2H3/t14-,15+,16+,17+,18+,19-/m0/s1. The van der Waals surface area contributed by atoms with Crippen molar-refractivity contribution in [2.24, 2.45) is 34.5 Å². The Balaban J connectivity index is 1.64. The average Bonchev–Trinajstić information content (AvgIpc) is 2.79. The van der Waals surface area contributed by atoms with E-state index in [1.807, 2.05) is 0 Å². The zero-order valence-corrected chi connectivity index (χ0v) is 13.1. The maximum atomic E-state index is 2.70. The molecule has 0 aromatic rings. The smallest absolute Gasteiger partial charge is 0.0266 e. The Bertz CT molecular complexity index is 359. The van der Waals surface area contributed by atoms with Crippen LogP contribution in [-0.4, -0.2) is 0 Å². The quantitative estimate of drug-likeness (QED) is 0.515. The second-order valence-electron chi connectivity index (χ2n) is 8.99. The molecule has 0 bridgehead atoms. The van der Waals surface area contributed by atoms with Gasteiger partial charge in [0.25, 0.3) is 0 Å². The summed E-state index contributed by atoms with van der Waals surface area (Å²) < 4.78 is 0. The summed E-state index contributed by atoms with van der Waals surface area (Å²) in [5.41, 5.74) is 1.49. The Hall–Kier alpha value is 0. The minimum Gasteiger partial charge on any atom is -0.0594 e. The van der Waals surface area contributed by atoms with Gasteiger partial charge in [0.2, 0.25) is 0 Å². The van der Waals surface area contributed by atoms with Gasteiger partial charge in [-0.25, -0.2) is 0 Å². The van der Waals surface area contributed by atoms with Crippen LogP contribution in [0.2, 0.25) is 0 Å². The van der Waals surface area contributed by atoms with Crippen LogP contribution >= 0.6 is 0 Å². The van der Waals surface area contributed by atoms with Crippen molar-refractivity contribution in [2.45, 2.75) is 84.5 Å². The molecular formula is C19H32. The third kappa shape index (κ3) is 1.70. The van der Waals surface area contributed by atoms with E-state index >= 15 is 0 Å². The Morgan fingerprint density at radius 1 is 0.684 bits per heavy atom. The zero-order chi connectivity index (χ0) is 13.1. The Labute approximate surface area is 119 Å². The largest absolute Gasteiger partial charge is 0.0594 e. The SMILES string of the molecule is C[C@]12CCC[C@@H]1[C@H]1CC[C@@H]3CCCC[C@]3(C)[C@@H]1CC2. The van der Waals surface area contributed by atoms with Gasteiger partial charge >= 0.3 is 0 Å². The summed E-state index contributed by atoms with van der Waals surface area (Å²) in [7, 11) is 0. The summed E-state index contributed by atoms with van der Waals surface area (Å²) in [6.07, 6.45) is 17.1. The van der Waals surface area contributed by atoms with Crippen LogP contribution < -0.4 is 0 Å². The highest BCUT2D eigenvalue weighted by atomic mass is 14.6. The van der Waals surface area contributed by atoms with E-state index in [0.29, 0.717) is 0 Å². The van der Waals surface area contributed by atoms with Crippen molar-refractivity contribution in [2.75, 3.05) is 0 Å². The van der Waals surface area contributed by atoms with Crippen LogP contribution in [0.5, 0.6) is 0 Å². The Morgan fingerprint density at radius 3 is 2.47 bits per heavy atom. The minimum atomic E-state index is 0.741. The Morgan fingerprint density at radius 2 is 1.58 bits per heavy atom. The summed E-state index contributed by atoms with van der Waals surface area (Å²) in [5, 5.41) is 0. The predicted molar refractivity (Wildman–Crippen MR) is 81.0 cm³/mol. The second-order valence-corrected chi connectivity index (χ2v) is 8.99. The molecule has 0 spiro atoms. The van der Waals surface area contributed by atoms with Gasteiger partial charge in [-0.1, -0.05) is 33.1 Å². The lowest BCUT2D eigenvalue weighted by Crippen LogP contribution is -2.51. The first-order valence-electron chi connectivity index (χ1n) is 9.13. The van der Waals surface area contributed by atoms with Crippen molar-refractivity contribution >= 4 is 0 Å². The van der Waals surface area contributed by atoms with E-state index in [4.69, 9.17) is 0 Å². The van der Waals surface area contributed by atoms with Gasteiger partial charge in [0.05, 0.1) is 0 Å². The van der Waals surface area contributed by atoms with E-state index in [2.05, 4.69) is 13.8 Å². The topological polar surface area (TPSA) is 0 Å². The molecule has 0 nitrogen and oxygen atoms in total. The molecule has 4 fully saturated rings. The van der Waals surface area contributed by atoms with Crippen molar-refractivity contribution in [1.82, 2.24) is 0 Å². The molecule has 108 valence electrons. The molecular weight excluding hydrogens is 228 g/mol. The number of rotatable bonds is 0. The molecule has 0 radical (unpaired) electrons. The second kappa shape index (κ2) is 4.25. The highest BCUT2D eigenvalue weighted by Crippen LogP contribution is 2.66. The van der Waals surface area contributed by atoms with Crippen molar-refractivity contribution in [3.05, 3.63) is 0 Å². The molecule has 0 heterocycles. The molecule has 6 atom stereocenters. The van der Waals surface area contributed by atoms with E-state index in [9.17, 15) is 0 Å². The van der Waals surface area contributed by atoms with Gasteiger partial charge in [0.1, 0.15) is 0 Å². The summed E-state index contributed by atoms with van der Waals surface area (Å²) in [6, 6.07) is 0. The predicted octanol–water partition coefficient (Wildman–Crippen LogP) is 5.81. The van der Waals surface area contributed by atoms with Crippen LogP contribution in [0, 0.1) is 34.5 Å². The van der Waals surface area contributed by atoms with Crippen molar-refractivity contribution in [3.8, 4) is 0 Å². The lowest BCUT2D eigenvalue weighted by molar-refractivity contribution is -0.103. The fourth-order valence-corrected chi connectivity index (χ4v) is 7.29. The van der Waals surface area contributed by atoms with Crippen LogP contribution in [0.4, 0.5) is 0 Å². The van der Waals surface area contributed by atoms with Gasteiger partial charge in [0, 0.05) is 0 Å². The van der Waals surface area contributed by atoms with Gasteiger partial charge in [-0.2, -0.15) is 0 Å². The maximum Gasteiger partial charge on any atom is -0.0266 e. The van der Waals surface area contributed by atoms with Crippen LogP contribution in [-0.2, 0) is 0 Å². The molecule has 19 heavy (non-hydrogen) atoms. The molecule has 4 saturated carbocycles. The summed E-state index contributed by atoms with van der Waals surface area (Å²) in [5.74, 6) is 4.41. The van der Waals surface area contributed by atoms with E-state index in [-0.39, 0.29) is 0 Å². The number of hydrogen-bond donors (Lipinski definition) is 0. The zero-order valence-electron chi connectivity index (χ0n) is 13.1. The third-order valence-corrected chi connectivity index (χ3v) is 8.36. The van der Waals surface area contributed by atoms with Gasteiger partial charge in [0.15, 0.2) is 0 Å². The van der Waals surface area contributed by atoms with Crippen LogP contribution in [0.25, 0.3) is 0 Å². The van der Waals surface area contributed by atoms with Crippen molar-refractivity contribution < 1.29 is 0 Å². The molecule has 0 aromatic carbocycles. The third-order valence-electron chi connectivity index (χ3n) is 8.36. The van der Waals surface area contributed by atoms with Crippen molar-refractivity contribution in [3.63, 3.8) is 0 Å². The number of hydrogen-bond acceptors (Lipinski definition) is 0. The fourth-order valence-electron chi connectivity index (χ4n) is 7.29. The van der Waals surface area contributed by atoms with Crippen LogP contribution in [0.15, 0.2) is 0 Å². The van der Waals surface area contributed by atoms with Crippen LogP contribution in [0.1, 0.15) is 84.5 Å². The summed E-state index contributed by atoms with van der Waals surface area (Å²) in [6.45, 7) is 5.33. The van der Waals surface area contributed by atoms with Gasteiger partial charge in [-0.3, -0.25) is 0 Å². The van der Waals surface area contributed by atoms with E-state index < -0.39 is 0 Å². The highest BCUT2D eigenvalue weighted by Gasteiger charge is 2.56. The van der Waals surface area contributed by atoms with E-state index in [1.165, 1.54) is 19.3 Å². The molecule has 4 aliphatic rings. The van der Waals surface area contributed by atoms with Gasteiger partial charge in [-0.15, -0.1) is 0 Å². The van der Waals surface area contributed by atoms with Crippen molar-refractivity contribution in [1.29, 1.82) is 0 Å². The fraction of sp³-hybridized carbons (Fsp3) is 1.00. The highest BCUT2D eigenvalue weighted by molar-refractivity contribution is 5.06. The summed E-state index contributed by atoms with van der Waals surface area (Å²) in [4.78, 5) is 0. The minimum absolute atomic E-state index is 0.741. The molecule has 4 rings (SSSR count).